The maximum Gasteiger partial charge on any atom is 0.401 e. The van der Waals surface area contributed by atoms with Gasteiger partial charge < -0.3 is 10.2 Å². The molecule has 1 heterocycles. The molecule has 1 atom stereocenters. The first-order chi connectivity index (χ1) is 17.1. The zero-order valence-corrected chi connectivity index (χ0v) is 20.8. The Kier molecular flexibility index (Phi) is 7.60. The fourth-order valence-corrected chi connectivity index (χ4v) is 4.80. The van der Waals surface area contributed by atoms with Gasteiger partial charge in [-0.3, -0.25) is 9.69 Å². The SMILES string of the molecule is CC(C)C[C@@H](C(=O)NC1(C#N)CC1)c1cccc(-c2ccc(N3CCN(CC(F)(F)F)CC3)cc2)c1. The number of hydrogen-bond donors (Lipinski definition) is 1. The first-order valence-electron chi connectivity index (χ1n) is 12.6. The molecule has 2 fully saturated rings. The third kappa shape index (κ3) is 6.58. The van der Waals surface area contributed by atoms with Crippen molar-refractivity contribution < 1.29 is 18.0 Å². The Balaban J connectivity index is 1.45. The molecule has 1 aliphatic carbocycles. The van der Waals surface area contributed by atoms with E-state index in [9.17, 15) is 23.2 Å². The van der Waals surface area contributed by atoms with Crippen molar-refractivity contribution >= 4 is 11.6 Å². The molecule has 1 saturated heterocycles. The lowest BCUT2D eigenvalue weighted by Crippen LogP contribution is -2.49. The number of hydrogen-bond acceptors (Lipinski definition) is 4. The standard InChI is InChI=1S/C28H33F3N4O/c1-20(2)16-25(26(36)33-27(18-32)10-11-27)23-5-3-4-22(17-23)21-6-8-24(9-7-21)35-14-12-34(13-15-35)19-28(29,30)31/h3-9,17,20,25H,10-16,19H2,1-2H3,(H,33,36)/t25-/m1/s1. The number of anilines is 1. The monoisotopic (exact) mass is 498 g/mol. The summed E-state index contributed by atoms with van der Waals surface area (Å²) < 4.78 is 38.0. The molecule has 2 aromatic rings. The van der Waals surface area contributed by atoms with E-state index in [4.69, 9.17) is 0 Å². The number of alkyl halides is 3. The Morgan fingerprint density at radius 3 is 2.28 bits per heavy atom. The van der Waals surface area contributed by atoms with E-state index in [0.29, 0.717) is 51.4 Å². The topological polar surface area (TPSA) is 59.4 Å². The van der Waals surface area contributed by atoms with Crippen LogP contribution in [0.15, 0.2) is 48.5 Å². The molecule has 0 unspecified atom stereocenters. The van der Waals surface area contributed by atoms with Crippen molar-refractivity contribution in [1.29, 1.82) is 5.26 Å². The molecule has 2 aromatic carbocycles. The quantitative estimate of drug-likeness (QED) is 0.534. The minimum absolute atomic E-state index is 0.0973. The van der Waals surface area contributed by atoms with Crippen molar-refractivity contribution in [2.24, 2.45) is 5.92 Å². The van der Waals surface area contributed by atoms with Gasteiger partial charge in [0.2, 0.25) is 5.91 Å². The van der Waals surface area contributed by atoms with Crippen molar-refractivity contribution in [1.82, 2.24) is 10.2 Å². The Morgan fingerprint density at radius 2 is 1.72 bits per heavy atom. The lowest BCUT2D eigenvalue weighted by Gasteiger charge is -2.36. The highest BCUT2D eigenvalue weighted by atomic mass is 19.4. The minimum Gasteiger partial charge on any atom is -0.369 e. The van der Waals surface area contributed by atoms with Gasteiger partial charge in [-0.2, -0.15) is 18.4 Å². The third-order valence-corrected chi connectivity index (χ3v) is 6.98. The Hall–Kier alpha value is -3.05. The predicted molar refractivity (Wildman–Crippen MR) is 135 cm³/mol. The zero-order valence-electron chi connectivity index (χ0n) is 20.8. The lowest BCUT2D eigenvalue weighted by atomic mass is 9.87. The Labute approximate surface area is 210 Å². The molecule has 5 nitrogen and oxygen atoms in total. The first-order valence-corrected chi connectivity index (χ1v) is 12.6. The average Bonchev–Trinajstić information content (AvgIpc) is 3.62. The molecule has 0 spiro atoms. The van der Waals surface area contributed by atoms with Gasteiger partial charge >= 0.3 is 6.18 Å². The summed E-state index contributed by atoms with van der Waals surface area (Å²) in [5.41, 5.74) is 3.23. The van der Waals surface area contributed by atoms with Gasteiger partial charge in [0.1, 0.15) is 5.54 Å². The normalized spacial score (nSPS) is 18.5. The number of nitrogens with zero attached hydrogens (tertiary/aromatic N) is 3. The van der Waals surface area contributed by atoms with E-state index in [1.165, 1.54) is 4.90 Å². The molecule has 1 N–H and O–H groups in total. The van der Waals surface area contributed by atoms with Gasteiger partial charge in [0, 0.05) is 31.9 Å². The van der Waals surface area contributed by atoms with Gasteiger partial charge in [0.25, 0.3) is 0 Å². The molecule has 4 rings (SSSR count). The molecule has 192 valence electrons. The molecule has 0 bridgehead atoms. The molecule has 2 aliphatic rings. The van der Waals surface area contributed by atoms with Crippen molar-refractivity contribution in [3.8, 4) is 17.2 Å². The van der Waals surface area contributed by atoms with Crippen LogP contribution in [-0.4, -0.2) is 55.2 Å². The molecule has 1 amide bonds. The first kappa shape index (κ1) is 26.0. The third-order valence-electron chi connectivity index (χ3n) is 6.98. The van der Waals surface area contributed by atoms with E-state index in [1.54, 1.807) is 0 Å². The molecule has 1 saturated carbocycles. The summed E-state index contributed by atoms with van der Waals surface area (Å²) in [4.78, 5) is 16.7. The van der Waals surface area contributed by atoms with Crippen LogP contribution in [0.2, 0.25) is 0 Å². The van der Waals surface area contributed by atoms with Crippen LogP contribution in [0.1, 0.15) is 44.6 Å². The summed E-state index contributed by atoms with van der Waals surface area (Å²) in [6, 6.07) is 18.3. The predicted octanol–water partition coefficient (Wildman–Crippen LogP) is 5.34. The largest absolute Gasteiger partial charge is 0.401 e. The second-order valence-corrected chi connectivity index (χ2v) is 10.4. The van der Waals surface area contributed by atoms with Crippen molar-refractivity contribution in [2.75, 3.05) is 37.6 Å². The number of halogens is 3. The molecule has 8 heteroatoms. The maximum absolute atomic E-state index is 13.1. The highest BCUT2D eigenvalue weighted by Gasteiger charge is 2.45. The molecule has 0 radical (unpaired) electrons. The fourth-order valence-electron chi connectivity index (χ4n) is 4.80. The molecular weight excluding hydrogens is 465 g/mol. The summed E-state index contributed by atoms with van der Waals surface area (Å²) in [7, 11) is 0. The number of nitriles is 1. The van der Waals surface area contributed by atoms with E-state index < -0.39 is 18.3 Å². The summed E-state index contributed by atoms with van der Waals surface area (Å²) in [6.45, 7) is 5.20. The number of amides is 1. The van der Waals surface area contributed by atoms with Crippen LogP contribution in [-0.2, 0) is 4.79 Å². The second kappa shape index (κ2) is 10.5. The minimum atomic E-state index is -4.16. The molecular formula is C28H33F3N4O. The molecule has 0 aromatic heterocycles. The van der Waals surface area contributed by atoms with Gasteiger partial charge in [0.05, 0.1) is 18.5 Å². The van der Waals surface area contributed by atoms with E-state index in [0.717, 1.165) is 22.4 Å². The summed E-state index contributed by atoms with van der Waals surface area (Å²) in [5, 5.41) is 12.4. The summed E-state index contributed by atoms with van der Waals surface area (Å²) in [6.07, 6.45) is -2.07. The van der Waals surface area contributed by atoms with Crippen LogP contribution in [0, 0.1) is 17.2 Å². The van der Waals surface area contributed by atoms with Crippen LogP contribution < -0.4 is 10.2 Å². The lowest BCUT2D eigenvalue weighted by molar-refractivity contribution is -0.146. The number of benzene rings is 2. The number of carbonyl (C=O) groups excluding carboxylic acids is 1. The average molecular weight is 499 g/mol. The highest BCUT2D eigenvalue weighted by Crippen LogP contribution is 2.36. The van der Waals surface area contributed by atoms with Crippen LogP contribution in [0.4, 0.5) is 18.9 Å². The second-order valence-electron chi connectivity index (χ2n) is 10.4. The van der Waals surface area contributed by atoms with E-state index >= 15 is 0 Å². The van der Waals surface area contributed by atoms with Gasteiger partial charge in [0.15, 0.2) is 0 Å². The smallest absolute Gasteiger partial charge is 0.369 e. The van der Waals surface area contributed by atoms with Crippen LogP contribution in [0.25, 0.3) is 11.1 Å². The van der Waals surface area contributed by atoms with Crippen LogP contribution in [0.3, 0.4) is 0 Å². The van der Waals surface area contributed by atoms with Gasteiger partial charge in [-0.25, -0.2) is 0 Å². The van der Waals surface area contributed by atoms with Gasteiger partial charge in [-0.15, -0.1) is 0 Å². The number of nitrogens with one attached hydrogen (secondary N) is 1. The Bertz CT molecular complexity index is 1100. The van der Waals surface area contributed by atoms with E-state index in [2.05, 4.69) is 30.1 Å². The highest BCUT2D eigenvalue weighted by molar-refractivity contribution is 5.85. The van der Waals surface area contributed by atoms with Crippen LogP contribution in [0.5, 0.6) is 0 Å². The van der Waals surface area contributed by atoms with E-state index in [-0.39, 0.29) is 11.8 Å². The molecule has 1 aliphatic heterocycles. The number of rotatable bonds is 8. The van der Waals surface area contributed by atoms with Crippen molar-refractivity contribution in [3.63, 3.8) is 0 Å². The fraction of sp³-hybridized carbons (Fsp3) is 0.500. The maximum atomic E-state index is 13.1. The number of carbonyl (C=O) groups is 1. The van der Waals surface area contributed by atoms with E-state index in [1.807, 2.05) is 48.5 Å². The summed E-state index contributed by atoms with van der Waals surface area (Å²) >= 11 is 0. The van der Waals surface area contributed by atoms with Crippen LogP contribution >= 0.6 is 0 Å². The Morgan fingerprint density at radius 1 is 1.06 bits per heavy atom. The van der Waals surface area contributed by atoms with Gasteiger partial charge in [-0.1, -0.05) is 50.2 Å². The number of piperazine rings is 1. The van der Waals surface area contributed by atoms with Crippen molar-refractivity contribution in [3.05, 3.63) is 54.1 Å². The molecule has 36 heavy (non-hydrogen) atoms. The summed E-state index contributed by atoms with van der Waals surface area (Å²) in [5.74, 6) is -0.111. The zero-order chi connectivity index (χ0) is 25.9. The van der Waals surface area contributed by atoms with Gasteiger partial charge in [-0.05, 0) is 54.0 Å². The van der Waals surface area contributed by atoms with Crippen molar-refractivity contribution in [2.45, 2.75) is 50.7 Å².